The highest BCUT2D eigenvalue weighted by atomic mass is 19.4. The molecule has 2 rings (SSSR count). The summed E-state index contributed by atoms with van der Waals surface area (Å²) < 4.78 is 38.6. The Morgan fingerprint density at radius 3 is 2.63 bits per heavy atom. The first-order valence-corrected chi connectivity index (χ1v) is 6.86. The first kappa shape index (κ1) is 14.2. The highest BCUT2D eigenvalue weighted by molar-refractivity contribution is 5.50. The van der Waals surface area contributed by atoms with Gasteiger partial charge >= 0.3 is 6.18 Å². The van der Waals surface area contributed by atoms with E-state index in [1.807, 2.05) is 0 Å². The van der Waals surface area contributed by atoms with Gasteiger partial charge in [-0.15, -0.1) is 0 Å². The minimum absolute atomic E-state index is 0.275. The minimum Gasteiger partial charge on any atom is -0.382 e. The number of rotatable bonds is 3. The van der Waals surface area contributed by atoms with Gasteiger partial charge in [0.2, 0.25) is 0 Å². The fourth-order valence-corrected chi connectivity index (χ4v) is 2.95. The topological polar surface area (TPSA) is 12.0 Å². The molecule has 1 aromatic rings. The summed E-state index contributed by atoms with van der Waals surface area (Å²) in [4.78, 5) is 0. The monoisotopic (exact) mass is 271 g/mol. The third kappa shape index (κ3) is 3.23. The smallest absolute Gasteiger partial charge is 0.382 e. The molecule has 1 aliphatic rings. The molecule has 1 saturated carbocycles. The average molecular weight is 271 g/mol. The summed E-state index contributed by atoms with van der Waals surface area (Å²) in [5, 5.41) is 3.28. The second-order valence-electron chi connectivity index (χ2n) is 5.38. The van der Waals surface area contributed by atoms with E-state index in [9.17, 15) is 13.2 Å². The first-order chi connectivity index (χ1) is 8.91. The molecule has 1 fully saturated rings. The lowest BCUT2D eigenvalue weighted by Crippen LogP contribution is -2.23. The zero-order valence-corrected chi connectivity index (χ0v) is 11.3. The number of halogens is 3. The van der Waals surface area contributed by atoms with Crippen LogP contribution in [0.5, 0.6) is 0 Å². The Morgan fingerprint density at radius 2 is 2.00 bits per heavy atom. The highest BCUT2D eigenvalue weighted by Crippen LogP contribution is 2.35. The zero-order chi connectivity index (χ0) is 14.0. The molecule has 0 heterocycles. The molecular formula is C15H20F3N. The Kier molecular flexibility index (Phi) is 4.07. The summed E-state index contributed by atoms with van der Waals surface area (Å²) in [6, 6.07) is 4.84. The third-order valence-electron chi connectivity index (χ3n) is 4.08. The van der Waals surface area contributed by atoms with Crippen molar-refractivity contribution in [3.8, 4) is 0 Å². The summed E-state index contributed by atoms with van der Waals surface area (Å²) in [7, 11) is 0. The van der Waals surface area contributed by atoms with Crippen LogP contribution < -0.4 is 5.32 Å². The van der Waals surface area contributed by atoms with Crippen LogP contribution in [0.15, 0.2) is 18.2 Å². The molecule has 2 unspecified atom stereocenters. The van der Waals surface area contributed by atoms with Crippen molar-refractivity contribution in [1.29, 1.82) is 0 Å². The lowest BCUT2D eigenvalue weighted by atomic mass is 10.00. The second-order valence-corrected chi connectivity index (χ2v) is 5.38. The lowest BCUT2D eigenvalue weighted by Gasteiger charge is -2.22. The molecule has 1 aliphatic carbocycles. The van der Waals surface area contributed by atoms with Gasteiger partial charge in [-0.2, -0.15) is 13.2 Å². The van der Waals surface area contributed by atoms with E-state index in [0.29, 0.717) is 17.6 Å². The van der Waals surface area contributed by atoms with Gasteiger partial charge < -0.3 is 5.32 Å². The van der Waals surface area contributed by atoms with Crippen molar-refractivity contribution in [2.75, 3.05) is 5.32 Å². The molecule has 0 bridgehead atoms. The summed E-state index contributed by atoms with van der Waals surface area (Å²) in [6.45, 7) is 3.64. The van der Waals surface area contributed by atoms with E-state index in [4.69, 9.17) is 0 Å². The number of aryl methyl sites for hydroxylation is 1. The molecule has 4 heteroatoms. The minimum atomic E-state index is -4.28. The fraction of sp³-hybridized carbons (Fsp3) is 0.600. The van der Waals surface area contributed by atoms with Crippen molar-refractivity contribution in [2.24, 2.45) is 5.92 Å². The molecule has 0 spiro atoms. The maximum atomic E-state index is 12.9. The van der Waals surface area contributed by atoms with Gasteiger partial charge in [0.25, 0.3) is 0 Å². The van der Waals surface area contributed by atoms with E-state index in [-0.39, 0.29) is 5.56 Å². The molecule has 0 saturated heterocycles. The normalized spacial score (nSPS) is 23.6. The van der Waals surface area contributed by atoms with E-state index in [0.717, 1.165) is 19.3 Å². The van der Waals surface area contributed by atoms with Gasteiger partial charge in [-0.3, -0.25) is 0 Å². The van der Waals surface area contributed by atoms with E-state index >= 15 is 0 Å². The van der Waals surface area contributed by atoms with Crippen LogP contribution in [0.4, 0.5) is 18.9 Å². The Hall–Kier alpha value is -1.19. The number of anilines is 1. The van der Waals surface area contributed by atoms with Crippen LogP contribution in [-0.4, -0.2) is 6.04 Å². The van der Waals surface area contributed by atoms with Crippen LogP contribution in [0.3, 0.4) is 0 Å². The number of nitrogens with one attached hydrogen (secondary N) is 1. The van der Waals surface area contributed by atoms with Crippen molar-refractivity contribution in [3.05, 3.63) is 29.3 Å². The second kappa shape index (κ2) is 5.43. The van der Waals surface area contributed by atoms with Gasteiger partial charge in [0.15, 0.2) is 0 Å². The summed E-state index contributed by atoms with van der Waals surface area (Å²) in [5.74, 6) is 0.579. The molecule has 1 aromatic carbocycles. The third-order valence-corrected chi connectivity index (χ3v) is 4.08. The molecule has 106 valence electrons. The van der Waals surface area contributed by atoms with Crippen molar-refractivity contribution in [2.45, 2.75) is 51.7 Å². The predicted molar refractivity (Wildman–Crippen MR) is 71.2 cm³/mol. The Labute approximate surface area is 112 Å². The lowest BCUT2D eigenvalue weighted by molar-refractivity contribution is -0.138. The maximum Gasteiger partial charge on any atom is 0.416 e. The largest absolute Gasteiger partial charge is 0.416 e. The van der Waals surface area contributed by atoms with Gasteiger partial charge in [-0.05, 0) is 43.4 Å². The number of benzene rings is 1. The van der Waals surface area contributed by atoms with Crippen LogP contribution in [-0.2, 0) is 6.18 Å². The molecule has 1 N–H and O–H groups in total. The van der Waals surface area contributed by atoms with E-state index in [1.54, 1.807) is 12.1 Å². The zero-order valence-electron chi connectivity index (χ0n) is 11.3. The summed E-state index contributed by atoms with van der Waals surface area (Å²) >= 11 is 0. The number of hydrogen-bond donors (Lipinski definition) is 1. The van der Waals surface area contributed by atoms with Crippen LogP contribution in [0.25, 0.3) is 0 Å². The van der Waals surface area contributed by atoms with Crippen molar-refractivity contribution in [3.63, 3.8) is 0 Å². The molecule has 1 nitrogen and oxygen atoms in total. The molecule has 0 aromatic heterocycles. The van der Waals surface area contributed by atoms with E-state index in [2.05, 4.69) is 12.2 Å². The van der Waals surface area contributed by atoms with Gasteiger partial charge in [0, 0.05) is 11.7 Å². The predicted octanol–water partition coefficient (Wildman–Crippen LogP) is 5.00. The Bertz CT molecular complexity index is 440. The van der Waals surface area contributed by atoms with Gasteiger partial charge in [0.05, 0.1) is 5.56 Å². The van der Waals surface area contributed by atoms with Crippen LogP contribution in [0.2, 0.25) is 0 Å². The van der Waals surface area contributed by atoms with Gasteiger partial charge in [0.1, 0.15) is 0 Å². The molecule has 0 radical (unpaired) electrons. The SMILES string of the molecule is CCC1CCCC1Nc1ccc(C)c(C(F)(F)F)c1. The van der Waals surface area contributed by atoms with E-state index in [1.165, 1.54) is 19.4 Å². The van der Waals surface area contributed by atoms with Gasteiger partial charge in [-0.25, -0.2) is 0 Å². The Morgan fingerprint density at radius 1 is 1.26 bits per heavy atom. The van der Waals surface area contributed by atoms with Crippen LogP contribution in [0, 0.1) is 12.8 Å². The number of hydrogen-bond acceptors (Lipinski definition) is 1. The Balaban J connectivity index is 2.17. The van der Waals surface area contributed by atoms with Crippen LogP contribution >= 0.6 is 0 Å². The molecule has 0 amide bonds. The standard InChI is InChI=1S/C15H20F3N/c1-3-11-5-4-6-14(11)19-12-8-7-10(2)13(9-12)15(16,17)18/h7-9,11,14,19H,3-6H2,1-2H3. The average Bonchev–Trinajstić information content (AvgIpc) is 2.77. The fourth-order valence-electron chi connectivity index (χ4n) is 2.95. The molecule has 0 aliphatic heterocycles. The highest BCUT2D eigenvalue weighted by Gasteiger charge is 2.33. The number of alkyl halides is 3. The van der Waals surface area contributed by atoms with Crippen molar-refractivity contribution >= 4 is 5.69 Å². The maximum absolute atomic E-state index is 12.9. The van der Waals surface area contributed by atoms with Crippen molar-refractivity contribution < 1.29 is 13.2 Å². The first-order valence-electron chi connectivity index (χ1n) is 6.86. The molecular weight excluding hydrogens is 251 g/mol. The van der Waals surface area contributed by atoms with Gasteiger partial charge in [-0.1, -0.05) is 25.8 Å². The molecule has 19 heavy (non-hydrogen) atoms. The van der Waals surface area contributed by atoms with E-state index < -0.39 is 11.7 Å². The summed E-state index contributed by atoms with van der Waals surface area (Å²) in [5.41, 5.74) is 0.323. The summed E-state index contributed by atoms with van der Waals surface area (Å²) in [6.07, 6.45) is 0.186. The van der Waals surface area contributed by atoms with Crippen LogP contribution in [0.1, 0.15) is 43.7 Å². The molecule has 2 atom stereocenters. The quantitative estimate of drug-likeness (QED) is 0.815. The van der Waals surface area contributed by atoms with Crippen molar-refractivity contribution in [1.82, 2.24) is 0 Å².